The zero-order valence-corrected chi connectivity index (χ0v) is 12.1. The highest BCUT2D eigenvalue weighted by Gasteiger charge is 2.23. The third kappa shape index (κ3) is 3.98. The van der Waals surface area contributed by atoms with Crippen LogP contribution in [0.15, 0.2) is 23.1 Å². The minimum absolute atomic E-state index is 0.172. The van der Waals surface area contributed by atoms with Crippen LogP contribution in [0, 0.1) is 6.92 Å². The van der Waals surface area contributed by atoms with E-state index in [1.807, 2.05) is 13.8 Å². The lowest BCUT2D eigenvalue weighted by Crippen LogP contribution is -2.40. The van der Waals surface area contributed by atoms with Gasteiger partial charge in [0.15, 0.2) is 0 Å². The fourth-order valence-electron chi connectivity index (χ4n) is 1.79. The normalized spacial score (nSPS) is 12.2. The molecule has 0 aliphatic rings. The molecule has 5 heteroatoms. The Hall–Kier alpha value is -2.04. The molecule has 0 saturated carbocycles. The molecular weight excluding hydrogens is 258 g/mol. The van der Waals surface area contributed by atoms with Gasteiger partial charge in [-0.2, -0.15) is 0 Å². The van der Waals surface area contributed by atoms with Crippen LogP contribution < -0.4 is 5.32 Å². The zero-order chi connectivity index (χ0) is 15.3. The van der Waals surface area contributed by atoms with Crippen molar-refractivity contribution in [2.75, 3.05) is 0 Å². The Labute approximate surface area is 118 Å². The largest absolute Gasteiger partial charge is 0.480 e. The summed E-state index contributed by atoms with van der Waals surface area (Å²) in [6.45, 7) is 9.17. The molecule has 0 fully saturated rings. The van der Waals surface area contributed by atoms with E-state index in [1.54, 1.807) is 19.1 Å². The van der Waals surface area contributed by atoms with Gasteiger partial charge in [-0.15, -0.1) is 6.58 Å². The van der Waals surface area contributed by atoms with Crippen LogP contribution in [0.5, 0.6) is 0 Å². The number of hydrogen-bond acceptors (Lipinski definition) is 3. The highest BCUT2D eigenvalue weighted by atomic mass is 16.4. The maximum Gasteiger partial charge on any atom is 0.326 e. The van der Waals surface area contributed by atoms with Crippen molar-refractivity contribution >= 4 is 11.9 Å². The molecule has 110 valence electrons. The fraction of sp³-hybridized carbons (Fsp3) is 0.467. The Kier molecular flexibility index (Phi) is 5.55. The summed E-state index contributed by atoms with van der Waals surface area (Å²) in [6.07, 6.45) is 2.47. The number of nitrogens with one attached hydrogen (secondary N) is 1. The Morgan fingerprint density at radius 2 is 2.15 bits per heavy atom. The van der Waals surface area contributed by atoms with E-state index in [4.69, 9.17) is 9.52 Å². The third-order valence-electron chi connectivity index (χ3n) is 3.01. The minimum Gasteiger partial charge on any atom is -0.480 e. The van der Waals surface area contributed by atoms with Gasteiger partial charge in [-0.25, -0.2) is 4.79 Å². The quantitative estimate of drug-likeness (QED) is 0.752. The summed E-state index contributed by atoms with van der Waals surface area (Å²) >= 11 is 0. The molecule has 1 atom stereocenters. The van der Waals surface area contributed by atoms with Crippen LogP contribution in [-0.2, 0) is 4.79 Å². The van der Waals surface area contributed by atoms with E-state index in [9.17, 15) is 9.59 Å². The van der Waals surface area contributed by atoms with Crippen molar-refractivity contribution in [3.8, 4) is 0 Å². The van der Waals surface area contributed by atoms with Crippen LogP contribution in [0.25, 0.3) is 0 Å². The first kappa shape index (κ1) is 16.0. The number of allylic oxidation sites excluding steroid dienone is 1. The maximum absolute atomic E-state index is 12.1. The lowest BCUT2D eigenvalue weighted by Gasteiger charge is -2.13. The average molecular weight is 279 g/mol. The molecule has 0 bridgehead atoms. The third-order valence-corrected chi connectivity index (χ3v) is 3.01. The predicted octanol–water partition coefficient (Wildman–Crippen LogP) is 2.86. The van der Waals surface area contributed by atoms with Crippen LogP contribution in [0.1, 0.15) is 54.5 Å². The molecule has 20 heavy (non-hydrogen) atoms. The number of aryl methyl sites for hydroxylation is 1. The molecule has 1 rings (SSSR count). The second-order valence-corrected chi connectivity index (χ2v) is 5.00. The molecule has 0 radical (unpaired) electrons. The van der Waals surface area contributed by atoms with Crippen molar-refractivity contribution in [2.45, 2.75) is 45.6 Å². The van der Waals surface area contributed by atoms with Crippen LogP contribution >= 0.6 is 0 Å². The Bertz CT molecular complexity index is 502. The molecule has 0 aliphatic carbocycles. The van der Waals surface area contributed by atoms with E-state index in [-0.39, 0.29) is 5.92 Å². The summed E-state index contributed by atoms with van der Waals surface area (Å²) in [5, 5.41) is 11.6. The fourth-order valence-corrected chi connectivity index (χ4v) is 1.79. The smallest absolute Gasteiger partial charge is 0.326 e. The van der Waals surface area contributed by atoms with E-state index >= 15 is 0 Å². The molecule has 0 aliphatic heterocycles. The van der Waals surface area contributed by atoms with Crippen molar-refractivity contribution in [3.05, 3.63) is 35.8 Å². The van der Waals surface area contributed by atoms with Crippen molar-refractivity contribution in [1.82, 2.24) is 5.32 Å². The van der Waals surface area contributed by atoms with Gasteiger partial charge >= 0.3 is 5.97 Å². The molecule has 2 N–H and O–H groups in total. The van der Waals surface area contributed by atoms with Gasteiger partial charge in [0.2, 0.25) is 0 Å². The number of carboxylic acids is 1. The zero-order valence-electron chi connectivity index (χ0n) is 12.1. The molecule has 0 spiro atoms. The van der Waals surface area contributed by atoms with Gasteiger partial charge in [-0.05, 0) is 25.8 Å². The molecule has 1 aromatic rings. The molecule has 1 heterocycles. The first-order chi connectivity index (χ1) is 9.36. The highest BCUT2D eigenvalue weighted by Crippen LogP contribution is 2.21. The van der Waals surface area contributed by atoms with Crippen molar-refractivity contribution < 1.29 is 19.1 Å². The van der Waals surface area contributed by atoms with Crippen LogP contribution in [0.4, 0.5) is 0 Å². The molecule has 1 unspecified atom stereocenters. The Morgan fingerprint density at radius 1 is 1.50 bits per heavy atom. The number of carbonyl (C=O) groups is 2. The van der Waals surface area contributed by atoms with Gasteiger partial charge in [-0.1, -0.05) is 19.9 Å². The monoisotopic (exact) mass is 279 g/mol. The van der Waals surface area contributed by atoms with Crippen LogP contribution in [0.3, 0.4) is 0 Å². The molecule has 0 saturated heterocycles. The van der Waals surface area contributed by atoms with E-state index in [2.05, 4.69) is 11.9 Å². The average Bonchev–Trinajstić information content (AvgIpc) is 2.76. The topological polar surface area (TPSA) is 79.5 Å². The van der Waals surface area contributed by atoms with Crippen LogP contribution in [0.2, 0.25) is 0 Å². The maximum atomic E-state index is 12.1. The summed E-state index contributed by atoms with van der Waals surface area (Å²) < 4.78 is 5.50. The number of carboxylic acid groups (broad SMARTS) is 1. The number of carbonyl (C=O) groups excluding carboxylic acids is 1. The van der Waals surface area contributed by atoms with Crippen LogP contribution in [-0.4, -0.2) is 23.0 Å². The first-order valence-corrected chi connectivity index (χ1v) is 6.61. The van der Waals surface area contributed by atoms with E-state index in [0.717, 1.165) is 0 Å². The van der Waals surface area contributed by atoms with E-state index in [0.29, 0.717) is 29.9 Å². The van der Waals surface area contributed by atoms with Gasteiger partial charge in [0, 0.05) is 5.92 Å². The lowest BCUT2D eigenvalue weighted by molar-refractivity contribution is -0.139. The molecule has 0 aromatic carbocycles. The summed E-state index contributed by atoms with van der Waals surface area (Å²) in [5.74, 6) is -0.0870. The van der Waals surface area contributed by atoms with E-state index < -0.39 is 17.9 Å². The SMILES string of the molecule is C=CCCC(NC(=O)c1cc(C(C)C)oc1C)C(=O)O. The van der Waals surface area contributed by atoms with E-state index in [1.165, 1.54) is 0 Å². The molecule has 1 aromatic heterocycles. The van der Waals surface area contributed by atoms with Crippen molar-refractivity contribution in [2.24, 2.45) is 0 Å². The van der Waals surface area contributed by atoms with Crippen molar-refractivity contribution in [3.63, 3.8) is 0 Å². The summed E-state index contributed by atoms with van der Waals surface area (Å²) in [4.78, 5) is 23.2. The standard InChI is InChI=1S/C15H21NO4/c1-5-6-7-12(15(18)19)16-14(17)11-8-13(9(2)3)20-10(11)4/h5,8-9,12H,1,6-7H2,2-4H3,(H,16,17)(H,18,19). The summed E-state index contributed by atoms with van der Waals surface area (Å²) in [5.41, 5.74) is 0.388. The van der Waals surface area contributed by atoms with Gasteiger partial charge in [0.05, 0.1) is 5.56 Å². The number of rotatable bonds is 7. The lowest BCUT2D eigenvalue weighted by atomic mass is 10.1. The molecule has 1 amide bonds. The summed E-state index contributed by atoms with van der Waals surface area (Å²) in [6, 6.07) is 0.749. The molecular formula is C15H21NO4. The predicted molar refractivity (Wildman–Crippen MR) is 75.9 cm³/mol. The van der Waals surface area contributed by atoms with Gasteiger partial charge in [-0.3, -0.25) is 4.79 Å². The van der Waals surface area contributed by atoms with Crippen molar-refractivity contribution in [1.29, 1.82) is 0 Å². The minimum atomic E-state index is -1.05. The first-order valence-electron chi connectivity index (χ1n) is 6.61. The Morgan fingerprint density at radius 3 is 2.60 bits per heavy atom. The number of hydrogen-bond donors (Lipinski definition) is 2. The summed E-state index contributed by atoms with van der Waals surface area (Å²) in [7, 11) is 0. The highest BCUT2D eigenvalue weighted by molar-refractivity contribution is 5.97. The van der Waals surface area contributed by atoms with Gasteiger partial charge < -0.3 is 14.8 Å². The van der Waals surface area contributed by atoms with Gasteiger partial charge in [0.25, 0.3) is 5.91 Å². The number of amides is 1. The second kappa shape index (κ2) is 6.93. The second-order valence-electron chi connectivity index (χ2n) is 5.00. The molecule has 5 nitrogen and oxygen atoms in total. The van der Waals surface area contributed by atoms with Gasteiger partial charge in [0.1, 0.15) is 17.6 Å². The number of aliphatic carboxylic acids is 1. The number of furan rings is 1. The Balaban J connectivity index is 2.83.